The Labute approximate surface area is 104 Å². The van der Waals surface area contributed by atoms with Gasteiger partial charge in [-0.1, -0.05) is 48.5 Å². The summed E-state index contributed by atoms with van der Waals surface area (Å²) in [5.41, 5.74) is 2.91. The minimum atomic E-state index is 0.134. The number of carbonyl (C=O) groups excluding carboxylic acids is 1. The van der Waals surface area contributed by atoms with Crippen LogP contribution in [0, 0.1) is 0 Å². The zero-order chi connectivity index (χ0) is 11.7. The fourth-order valence-electron chi connectivity index (χ4n) is 1.90. The lowest BCUT2D eigenvalue weighted by atomic mass is 10.0. The molecule has 2 heteroatoms. The Morgan fingerprint density at radius 1 is 0.882 bits per heavy atom. The molecule has 0 saturated heterocycles. The van der Waals surface area contributed by atoms with E-state index in [1.54, 1.807) is 0 Å². The highest BCUT2D eigenvalue weighted by molar-refractivity contribution is 8.15. The summed E-state index contributed by atoms with van der Waals surface area (Å²) in [4.78, 5) is 13.0. The molecule has 0 aliphatic carbocycles. The fourth-order valence-corrected chi connectivity index (χ4v) is 2.81. The molecule has 0 radical (unpaired) electrons. The van der Waals surface area contributed by atoms with Gasteiger partial charge in [0, 0.05) is 16.0 Å². The van der Waals surface area contributed by atoms with Crippen LogP contribution in [-0.2, 0) is 4.79 Å². The maximum atomic E-state index is 11.9. The van der Waals surface area contributed by atoms with E-state index in [-0.39, 0.29) is 5.12 Å². The SMILES string of the molecule is O=C1Sc2ccccc2C1=Cc1ccccc1. The first kappa shape index (κ1) is 10.4. The first-order valence-electron chi connectivity index (χ1n) is 5.43. The molecule has 82 valence electrons. The predicted octanol–water partition coefficient (Wildman–Crippen LogP) is 3.86. The van der Waals surface area contributed by atoms with Crippen LogP contribution in [0.2, 0.25) is 0 Å². The molecule has 0 bridgehead atoms. The summed E-state index contributed by atoms with van der Waals surface area (Å²) < 4.78 is 0. The van der Waals surface area contributed by atoms with Crippen LogP contribution in [0.4, 0.5) is 0 Å². The van der Waals surface area contributed by atoms with Gasteiger partial charge in [-0.3, -0.25) is 4.79 Å². The fraction of sp³-hybridized carbons (Fsp3) is 0. The number of carbonyl (C=O) groups is 1. The maximum absolute atomic E-state index is 11.9. The summed E-state index contributed by atoms with van der Waals surface area (Å²) in [6.45, 7) is 0. The average molecular weight is 238 g/mol. The van der Waals surface area contributed by atoms with Crippen LogP contribution in [0.3, 0.4) is 0 Å². The summed E-state index contributed by atoms with van der Waals surface area (Å²) in [6.07, 6.45) is 1.96. The molecular weight excluding hydrogens is 228 g/mol. The summed E-state index contributed by atoms with van der Waals surface area (Å²) in [5, 5.41) is 0.134. The minimum absolute atomic E-state index is 0.134. The van der Waals surface area contributed by atoms with Gasteiger partial charge in [0.05, 0.1) is 0 Å². The first-order valence-corrected chi connectivity index (χ1v) is 6.24. The Morgan fingerprint density at radius 3 is 2.41 bits per heavy atom. The van der Waals surface area contributed by atoms with Crippen LogP contribution >= 0.6 is 11.8 Å². The summed E-state index contributed by atoms with van der Waals surface area (Å²) in [6, 6.07) is 17.9. The van der Waals surface area contributed by atoms with E-state index < -0.39 is 0 Å². The lowest BCUT2D eigenvalue weighted by molar-refractivity contribution is -0.106. The van der Waals surface area contributed by atoms with Crippen molar-refractivity contribution < 1.29 is 4.79 Å². The topological polar surface area (TPSA) is 17.1 Å². The third-order valence-electron chi connectivity index (χ3n) is 2.71. The molecule has 0 N–H and O–H groups in total. The van der Waals surface area contributed by atoms with E-state index in [4.69, 9.17) is 0 Å². The number of rotatable bonds is 1. The highest BCUT2D eigenvalue weighted by Gasteiger charge is 2.24. The van der Waals surface area contributed by atoms with Crippen molar-refractivity contribution in [3.8, 4) is 0 Å². The van der Waals surface area contributed by atoms with Gasteiger partial charge < -0.3 is 0 Å². The van der Waals surface area contributed by atoms with Gasteiger partial charge in [-0.25, -0.2) is 0 Å². The zero-order valence-corrected chi connectivity index (χ0v) is 9.91. The third kappa shape index (κ3) is 1.92. The Bertz CT molecular complexity index is 599. The number of fused-ring (bicyclic) bond motifs is 1. The number of hydrogen-bond donors (Lipinski definition) is 0. The van der Waals surface area contributed by atoms with Crippen LogP contribution < -0.4 is 0 Å². The van der Waals surface area contributed by atoms with Crippen molar-refractivity contribution >= 4 is 28.5 Å². The third-order valence-corrected chi connectivity index (χ3v) is 3.69. The molecule has 2 aromatic carbocycles. The summed E-state index contributed by atoms with van der Waals surface area (Å²) in [5.74, 6) is 0. The molecule has 1 aliphatic rings. The second-order valence-corrected chi connectivity index (χ2v) is 4.87. The van der Waals surface area contributed by atoms with Crippen molar-refractivity contribution in [2.75, 3.05) is 0 Å². The molecule has 0 fully saturated rings. The second-order valence-electron chi connectivity index (χ2n) is 3.85. The molecule has 1 nitrogen and oxygen atoms in total. The molecule has 2 aromatic rings. The van der Waals surface area contributed by atoms with Crippen molar-refractivity contribution in [2.45, 2.75) is 4.90 Å². The summed E-state index contributed by atoms with van der Waals surface area (Å²) >= 11 is 1.31. The van der Waals surface area contributed by atoms with Gasteiger partial charge in [-0.05, 0) is 29.5 Å². The van der Waals surface area contributed by atoms with E-state index in [1.165, 1.54) is 11.8 Å². The molecule has 1 aliphatic heterocycles. The van der Waals surface area contributed by atoms with Gasteiger partial charge in [0.25, 0.3) is 0 Å². The lowest BCUT2D eigenvalue weighted by Gasteiger charge is -1.98. The van der Waals surface area contributed by atoms with Crippen molar-refractivity contribution in [1.29, 1.82) is 0 Å². The zero-order valence-electron chi connectivity index (χ0n) is 9.09. The van der Waals surface area contributed by atoms with Crippen molar-refractivity contribution in [3.05, 3.63) is 65.7 Å². The van der Waals surface area contributed by atoms with Crippen LogP contribution in [0.1, 0.15) is 11.1 Å². The molecule has 3 rings (SSSR count). The standard InChI is InChI=1S/C15H10OS/c16-15-13(10-11-6-2-1-3-7-11)12-8-4-5-9-14(12)17-15/h1-10H. The van der Waals surface area contributed by atoms with Crippen molar-refractivity contribution in [3.63, 3.8) is 0 Å². The minimum Gasteiger partial charge on any atom is -0.281 e. The van der Waals surface area contributed by atoms with Crippen LogP contribution in [0.5, 0.6) is 0 Å². The highest BCUT2D eigenvalue weighted by Crippen LogP contribution is 2.40. The van der Waals surface area contributed by atoms with E-state index >= 15 is 0 Å². The van der Waals surface area contributed by atoms with Gasteiger partial charge in [-0.15, -0.1) is 0 Å². The largest absolute Gasteiger partial charge is 0.281 e. The molecule has 0 saturated carbocycles. The van der Waals surface area contributed by atoms with Crippen LogP contribution in [-0.4, -0.2) is 5.12 Å². The molecule has 0 amide bonds. The molecule has 0 spiro atoms. The van der Waals surface area contributed by atoms with Crippen LogP contribution in [0.25, 0.3) is 11.6 Å². The monoisotopic (exact) mass is 238 g/mol. The second kappa shape index (κ2) is 4.22. The Balaban J connectivity index is 2.10. The molecular formula is C15H10OS. The van der Waals surface area contributed by atoms with E-state index in [0.717, 1.165) is 21.6 Å². The Hall–Kier alpha value is -1.80. The van der Waals surface area contributed by atoms with E-state index in [1.807, 2.05) is 60.7 Å². The smallest absolute Gasteiger partial charge is 0.224 e. The first-order chi connectivity index (χ1) is 8.34. The van der Waals surface area contributed by atoms with E-state index in [9.17, 15) is 4.79 Å². The number of benzene rings is 2. The van der Waals surface area contributed by atoms with Gasteiger partial charge in [0.2, 0.25) is 5.12 Å². The Kier molecular flexibility index (Phi) is 2.57. The number of thioether (sulfide) groups is 1. The average Bonchev–Trinajstić information content (AvgIpc) is 2.68. The molecule has 0 aromatic heterocycles. The molecule has 17 heavy (non-hydrogen) atoms. The van der Waals surface area contributed by atoms with Gasteiger partial charge in [-0.2, -0.15) is 0 Å². The van der Waals surface area contributed by atoms with Gasteiger partial charge >= 0.3 is 0 Å². The maximum Gasteiger partial charge on any atom is 0.224 e. The summed E-state index contributed by atoms with van der Waals surface area (Å²) in [7, 11) is 0. The van der Waals surface area contributed by atoms with Crippen molar-refractivity contribution in [1.82, 2.24) is 0 Å². The molecule has 0 atom stereocenters. The van der Waals surface area contributed by atoms with Crippen molar-refractivity contribution in [2.24, 2.45) is 0 Å². The highest BCUT2D eigenvalue weighted by atomic mass is 32.2. The van der Waals surface area contributed by atoms with E-state index in [0.29, 0.717) is 0 Å². The normalized spacial score (nSPS) is 16.2. The number of hydrogen-bond acceptors (Lipinski definition) is 2. The predicted molar refractivity (Wildman–Crippen MR) is 71.6 cm³/mol. The quantitative estimate of drug-likeness (QED) is 0.702. The van der Waals surface area contributed by atoms with Gasteiger partial charge in [0.1, 0.15) is 0 Å². The van der Waals surface area contributed by atoms with Crippen LogP contribution in [0.15, 0.2) is 59.5 Å². The molecule has 1 heterocycles. The van der Waals surface area contributed by atoms with E-state index in [2.05, 4.69) is 0 Å². The Morgan fingerprint density at radius 2 is 1.59 bits per heavy atom. The lowest BCUT2D eigenvalue weighted by Crippen LogP contribution is -1.87. The van der Waals surface area contributed by atoms with Gasteiger partial charge in [0.15, 0.2) is 0 Å². The molecule has 0 unspecified atom stereocenters.